The van der Waals surface area contributed by atoms with Crippen molar-refractivity contribution in [3.63, 3.8) is 0 Å². The van der Waals surface area contributed by atoms with E-state index in [9.17, 15) is 0 Å². The van der Waals surface area contributed by atoms with Crippen molar-refractivity contribution in [2.45, 2.75) is 96.6 Å². The molecule has 0 aliphatic rings. The molecule has 5 heteroatoms. The lowest BCUT2D eigenvalue weighted by molar-refractivity contribution is 0.324. The predicted octanol–water partition coefficient (Wildman–Crippen LogP) is 8.86. The molecule has 0 fully saturated rings. The number of benzene rings is 4. The Balaban J connectivity index is 1.60. The topological polar surface area (TPSA) is 81.9 Å². The van der Waals surface area contributed by atoms with E-state index in [1.807, 2.05) is 0 Å². The number of hydrogen-bond acceptors (Lipinski definition) is 4. The first-order valence-corrected chi connectivity index (χ1v) is 15.8. The summed E-state index contributed by atoms with van der Waals surface area (Å²) < 4.78 is 2.25. The maximum absolute atomic E-state index is 6.67. The van der Waals surface area contributed by atoms with Crippen LogP contribution in [0.1, 0.15) is 91.0 Å². The van der Waals surface area contributed by atoms with Crippen molar-refractivity contribution in [3.05, 3.63) is 78.4 Å². The summed E-state index contributed by atoms with van der Waals surface area (Å²) in [5.74, 6) is 1.08. The highest BCUT2D eigenvalue weighted by Gasteiger charge is 2.31. The zero-order valence-corrected chi connectivity index (χ0v) is 26.2. The Kier molecular flexibility index (Phi) is 8.91. The number of rotatable bonds is 13. The normalized spacial score (nSPS) is 13.3. The maximum atomic E-state index is 6.67. The lowest BCUT2D eigenvalue weighted by atomic mass is 9.75. The van der Waals surface area contributed by atoms with Gasteiger partial charge in [0.05, 0.1) is 11.0 Å². The standard InChI is InChI=1S/C37H49N5/c1-6-7-8-9-10-15-24-40-42-34-31-19-14-12-17-29(31)28-16-11-13-18-30(28)33(34)41-35(42)27-22-20-26(21-23-27)32(37(4,5)39)25-36(2,3)38/h11-14,16-23,32,40H,6-10,15,24-25,38-39H2,1-5H3. The van der Waals surface area contributed by atoms with Crippen LogP contribution < -0.4 is 16.9 Å². The summed E-state index contributed by atoms with van der Waals surface area (Å²) in [5.41, 5.74) is 20.7. The molecule has 5 N–H and O–H groups in total. The SMILES string of the molecule is CCCCCCCCNn1c(-c2ccc(C(CC(C)(C)N)C(C)(C)N)cc2)nc2c3ccccc3c3ccccc3c21. The van der Waals surface area contributed by atoms with E-state index in [4.69, 9.17) is 16.5 Å². The van der Waals surface area contributed by atoms with Crippen molar-refractivity contribution in [2.75, 3.05) is 12.0 Å². The van der Waals surface area contributed by atoms with E-state index in [2.05, 4.69) is 118 Å². The lowest BCUT2D eigenvalue weighted by Crippen LogP contribution is -2.45. The van der Waals surface area contributed by atoms with Crippen LogP contribution in [0, 0.1) is 0 Å². The van der Waals surface area contributed by atoms with E-state index >= 15 is 0 Å². The van der Waals surface area contributed by atoms with Crippen molar-refractivity contribution >= 4 is 32.6 Å². The molecule has 0 aliphatic carbocycles. The Hall–Kier alpha value is -3.41. The molecule has 1 atom stereocenters. The molecule has 1 unspecified atom stereocenters. The van der Waals surface area contributed by atoms with Crippen LogP contribution in [0.5, 0.6) is 0 Å². The summed E-state index contributed by atoms with van der Waals surface area (Å²) in [6.45, 7) is 11.5. The fourth-order valence-corrected chi connectivity index (χ4v) is 6.35. The number of imidazole rings is 1. The van der Waals surface area contributed by atoms with E-state index < -0.39 is 0 Å². The summed E-state index contributed by atoms with van der Waals surface area (Å²) in [6.07, 6.45) is 8.39. The van der Waals surface area contributed by atoms with Gasteiger partial charge in [-0.2, -0.15) is 0 Å². The highest BCUT2D eigenvalue weighted by atomic mass is 15.4. The van der Waals surface area contributed by atoms with Gasteiger partial charge in [0.1, 0.15) is 0 Å². The Morgan fingerprint density at radius 1 is 0.738 bits per heavy atom. The number of nitrogens with zero attached hydrogens (tertiary/aromatic N) is 2. The van der Waals surface area contributed by atoms with Gasteiger partial charge in [-0.3, -0.25) is 0 Å². The van der Waals surface area contributed by atoms with Crippen LogP contribution in [-0.2, 0) is 0 Å². The van der Waals surface area contributed by atoms with Crippen LogP contribution in [0.2, 0.25) is 0 Å². The molecule has 1 heterocycles. The van der Waals surface area contributed by atoms with Gasteiger partial charge >= 0.3 is 0 Å². The van der Waals surface area contributed by atoms with Crippen molar-refractivity contribution < 1.29 is 0 Å². The van der Waals surface area contributed by atoms with Crippen LogP contribution in [0.25, 0.3) is 44.0 Å². The van der Waals surface area contributed by atoms with Crippen LogP contribution >= 0.6 is 0 Å². The van der Waals surface area contributed by atoms with E-state index in [1.165, 1.54) is 59.2 Å². The molecule has 222 valence electrons. The van der Waals surface area contributed by atoms with E-state index in [0.29, 0.717) is 0 Å². The van der Waals surface area contributed by atoms with Gasteiger partial charge in [-0.15, -0.1) is 0 Å². The third-order valence-electron chi connectivity index (χ3n) is 8.53. The Morgan fingerprint density at radius 2 is 1.31 bits per heavy atom. The predicted molar refractivity (Wildman–Crippen MR) is 182 cm³/mol. The minimum atomic E-state index is -0.387. The Labute approximate surface area is 251 Å². The molecule has 0 radical (unpaired) electrons. The number of fused-ring (bicyclic) bond motifs is 6. The van der Waals surface area contributed by atoms with Crippen molar-refractivity contribution in [1.29, 1.82) is 0 Å². The van der Waals surface area contributed by atoms with E-state index in [0.717, 1.165) is 41.8 Å². The first-order chi connectivity index (χ1) is 20.1. The zero-order valence-electron chi connectivity index (χ0n) is 26.2. The quantitative estimate of drug-likeness (QED) is 0.0987. The van der Waals surface area contributed by atoms with Crippen LogP contribution in [0.4, 0.5) is 0 Å². The molecule has 1 aromatic heterocycles. The second-order valence-electron chi connectivity index (χ2n) is 13.4. The second-order valence-corrected chi connectivity index (χ2v) is 13.4. The van der Waals surface area contributed by atoms with Gasteiger partial charge in [-0.1, -0.05) is 112 Å². The minimum Gasteiger partial charge on any atom is -0.326 e. The second kappa shape index (κ2) is 12.4. The maximum Gasteiger partial charge on any atom is 0.159 e. The monoisotopic (exact) mass is 563 g/mol. The molecule has 4 aromatic carbocycles. The summed E-state index contributed by atoms with van der Waals surface area (Å²) in [5, 5.41) is 4.88. The van der Waals surface area contributed by atoms with Gasteiger partial charge in [-0.25, -0.2) is 9.66 Å². The number of nitrogens with two attached hydrogens (primary N) is 2. The van der Waals surface area contributed by atoms with E-state index in [1.54, 1.807) is 0 Å². The van der Waals surface area contributed by atoms with Crippen LogP contribution in [0.3, 0.4) is 0 Å². The largest absolute Gasteiger partial charge is 0.326 e. The number of aromatic nitrogens is 2. The molecular formula is C37H49N5. The first kappa shape index (κ1) is 30.1. The van der Waals surface area contributed by atoms with Gasteiger partial charge < -0.3 is 16.9 Å². The van der Waals surface area contributed by atoms with Crippen LogP contribution in [0.15, 0.2) is 72.8 Å². The molecule has 0 amide bonds. The molecular weight excluding hydrogens is 514 g/mol. The highest BCUT2D eigenvalue weighted by Crippen LogP contribution is 2.38. The highest BCUT2D eigenvalue weighted by molar-refractivity contribution is 6.23. The van der Waals surface area contributed by atoms with Gasteiger partial charge in [-0.05, 0) is 56.9 Å². The summed E-state index contributed by atoms with van der Waals surface area (Å²) in [6, 6.07) is 26.2. The van der Waals surface area contributed by atoms with Gasteiger partial charge in [0.25, 0.3) is 0 Å². The van der Waals surface area contributed by atoms with E-state index in [-0.39, 0.29) is 17.0 Å². The van der Waals surface area contributed by atoms with Gasteiger partial charge in [0.2, 0.25) is 0 Å². The van der Waals surface area contributed by atoms with Crippen molar-refractivity contribution in [1.82, 2.24) is 9.66 Å². The van der Waals surface area contributed by atoms with Crippen molar-refractivity contribution in [3.8, 4) is 11.4 Å². The average Bonchev–Trinajstić information content (AvgIpc) is 3.34. The smallest absolute Gasteiger partial charge is 0.159 e. The summed E-state index contributed by atoms with van der Waals surface area (Å²) in [7, 11) is 0. The Morgan fingerprint density at radius 3 is 1.93 bits per heavy atom. The molecule has 0 bridgehead atoms. The summed E-state index contributed by atoms with van der Waals surface area (Å²) in [4.78, 5) is 5.34. The molecule has 42 heavy (non-hydrogen) atoms. The number of hydrogen-bond donors (Lipinski definition) is 3. The molecule has 5 aromatic rings. The molecule has 0 aliphatic heterocycles. The third kappa shape index (κ3) is 6.48. The lowest BCUT2D eigenvalue weighted by Gasteiger charge is -2.35. The molecule has 0 saturated carbocycles. The van der Waals surface area contributed by atoms with Crippen molar-refractivity contribution in [2.24, 2.45) is 11.5 Å². The first-order valence-electron chi connectivity index (χ1n) is 15.8. The number of nitrogens with one attached hydrogen (secondary N) is 1. The van der Waals surface area contributed by atoms with Gasteiger partial charge in [0.15, 0.2) is 5.82 Å². The van der Waals surface area contributed by atoms with Crippen LogP contribution in [-0.4, -0.2) is 27.3 Å². The zero-order chi connectivity index (χ0) is 29.9. The Bertz CT molecular complexity index is 1630. The minimum absolute atomic E-state index is 0.143. The third-order valence-corrected chi connectivity index (χ3v) is 8.53. The molecule has 0 saturated heterocycles. The average molecular weight is 564 g/mol. The van der Waals surface area contributed by atoms with Gasteiger partial charge in [0, 0.05) is 39.9 Å². The molecule has 5 rings (SSSR count). The number of unbranched alkanes of at least 4 members (excludes halogenated alkanes) is 5. The fourth-order valence-electron chi connectivity index (χ4n) is 6.35. The molecule has 5 nitrogen and oxygen atoms in total. The summed E-state index contributed by atoms with van der Waals surface area (Å²) >= 11 is 0. The fraction of sp³-hybridized carbons (Fsp3) is 0.432. The molecule has 0 spiro atoms.